The van der Waals surface area contributed by atoms with E-state index in [9.17, 15) is 18.7 Å². The molecule has 0 unspecified atom stereocenters. The van der Waals surface area contributed by atoms with Crippen LogP contribution in [0.15, 0.2) is 60.3 Å². The summed E-state index contributed by atoms with van der Waals surface area (Å²) >= 11 is 0. The van der Waals surface area contributed by atoms with Crippen LogP contribution in [0.25, 0.3) is 4.91 Å². The number of nitrogens with one attached hydrogen (secondary N) is 1. The Kier molecular flexibility index (Phi) is 6.82. The van der Waals surface area contributed by atoms with Crippen LogP contribution < -0.4 is 10.1 Å². The predicted octanol–water partition coefficient (Wildman–Crippen LogP) is 4.12. The Labute approximate surface area is 189 Å². The Hall–Kier alpha value is -3.01. The standard InChI is InChI=1S/C23H28N2O6S/c1-23(2,3)25-21(26)19(20(32(25,28)29)16-10-6-5-7-11-16)24-14-15-31-18-13-9-8-12-17(18)22(27)30-4/h5-13,24,28-29H,14-15H2,1-4H3. The summed E-state index contributed by atoms with van der Waals surface area (Å²) in [6.45, 7) is 5.56. The van der Waals surface area contributed by atoms with Gasteiger partial charge in [-0.3, -0.25) is 13.9 Å². The van der Waals surface area contributed by atoms with E-state index in [1.165, 1.54) is 7.11 Å². The normalized spacial score (nSPS) is 16.7. The van der Waals surface area contributed by atoms with Crippen molar-refractivity contribution in [3.63, 3.8) is 0 Å². The maximum Gasteiger partial charge on any atom is 0.341 e. The Balaban J connectivity index is 1.83. The maximum absolute atomic E-state index is 13.2. The Bertz CT molecular complexity index is 1030. The van der Waals surface area contributed by atoms with Gasteiger partial charge in [-0.05, 0) is 32.9 Å². The fraction of sp³-hybridized carbons (Fsp3) is 0.304. The Morgan fingerprint density at radius 2 is 1.69 bits per heavy atom. The zero-order chi connectivity index (χ0) is 23.5. The van der Waals surface area contributed by atoms with Gasteiger partial charge < -0.3 is 14.8 Å². The molecule has 0 saturated heterocycles. The molecule has 8 nitrogen and oxygen atoms in total. The van der Waals surface area contributed by atoms with Gasteiger partial charge in [0.1, 0.15) is 28.5 Å². The molecular weight excluding hydrogens is 432 g/mol. The lowest BCUT2D eigenvalue weighted by Crippen LogP contribution is -2.45. The number of nitrogens with zero attached hydrogens (tertiary/aromatic N) is 1. The first-order valence-corrected chi connectivity index (χ1v) is 11.6. The molecule has 0 radical (unpaired) electrons. The van der Waals surface area contributed by atoms with Crippen LogP contribution in [-0.4, -0.2) is 51.1 Å². The number of esters is 1. The third-order valence-electron chi connectivity index (χ3n) is 4.75. The molecule has 3 N–H and O–H groups in total. The SMILES string of the molecule is COC(=O)c1ccccc1OCCNC1=C(c2ccccc2)S(O)(O)N(C(C)(C)C)C1=O. The predicted molar refractivity (Wildman–Crippen MR) is 124 cm³/mol. The van der Waals surface area contributed by atoms with Gasteiger partial charge in [0.05, 0.1) is 12.6 Å². The highest BCUT2D eigenvalue weighted by Crippen LogP contribution is 2.63. The molecule has 0 spiro atoms. The molecule has 0 aromatic heterocycles. The van der Waals surface area contributed by atoms with Crippen molar-refractivity contribution < 1.29 is 28.2 Å². The number of carbonyl (C=O) groups is 2. The Morgan fingerprint density at radius 1 is 1.06 bits per heavy atom. The number of benzene rings is 2. The zero-order valence-corrected chi connectivity index (χ0v) is 19.3. The molecule has 0 saturated carbocycles. The van der Waals surface area contributed by atoms with E-state index in [2.05, 4.69) is 5.32 Å². The van der Waals surface area contributed by atoms with Crippen LogP contribution >= 0.6 is 10.8 Å². The molecule has 0 fully saturated rings. The minimum atomic E-state index is -3.55. The van der Waals surface area contributed by atoms with Gasteiger partial charge in [-0.15, -0.1) is 0 Å². The summed E-state index contributed by atoms with van der Waals surface area (Å²) < 4.78 is 33.7. The number of methoxy groups -OCH3 is 1. The van der Waals surface area contributed by atoms with Crippen molar-refractivity contribution in [2.75, 3.05) is 20.3 Å². The number of amides is 1. The van der Waals surface area contributed by atoms with Crippen molar-refractivity contribution in [1.29, 1.82) is 0 Å². The summed E-state index contributed by atoms with van der Waals surface area (Å²) in [7, 11) is -2.25. The number of para-hydroxylation sites is 1. The molecule has 0 atom stereocenters. The number of hydrogen-bond donors (Lipinski definition) is 3. The molecule has 0 bridgehead atoms. The molecule has 3 rings (SSSR count). The summed E-state index contributed by atoms with van der Waals surface area (Å²) in [5.74, 6) is -0.647. The third kappa shape index (κ3) is 4.59. The van der Waals surface area contributed by atoms with E-state index in [-0.39, 0.29) is 23.8 Å². The van der Waals surface area contributed by atoms with E-state index in [0.29, 0.717) is 16.9 Å². The van der Waals surface area contributed by atoms with E-state index in [1.807, 2.05) is 6.07 Å². The van der Waals surface area contributed by atoms with Gasteiger partial charge in [-0.25, -0.2) is 9.10 Å². The van der Waals surface area contributed by atoms with Crippen molar-refractivity contribution in [1.82, 2.24) is 9.62 Å². The fourth-order valence-corrected chi connectivity index (χ4v) is 5.64. The summed E-state index contributed by atoms with van der Waals surface area (Å²) in [6.07, 6.45) is 0. The van der Waals surface area contributed by atoms with Gasteiger partial charge in [0.15, 0.2) is 0 Å². The van der Waals surface area contributed by atoms with Gasteiger partial charge >= 0.3 is 5.97 Å². The molecule has 9 heteroatoms. The van der Waals surface area contributed by atoms with Crippen molar-refractivity contribution in [3.05, 3.63) is 71.4 Å². The van der Waals surface area contributed by atoms with Gasteiger partial charge in [0.25, 0.3) is 5.91 Å². The smallest absolute Gasteiger partial charge is 0.341 e. The summed E-state index contributed by atoms with van der Waals surface area (Å²) in [5.41, 5.74) is 0.155. The van der Waals surface area contributed by atoms with E-state index in [1.54, 1.807) is 69.3 Å². The van der Waals surface area contributed by atoms with E-state index in [4.69, 9.17) is 9.47 Å². The van der Waals surface area contributed by atoms with Crippen LogP contribution in [0.4, 0.5) is 0 Å². The number of hydrogen-bond acceptors (Lipinski definition) is 7. The average Bonchev–Trinajstić information content (AvgIpc) is 2.95. The van der Waals surface area contributed by atoms with Crippen LogP contribution in [0.3, 0.4) is 0 Å². The fourth-order valence-electron chi connectivity index (χ4n) is 3.49. The van der Waals surface area contributed by atoms with E-state index in [0.717, 1.165) is 4.31 Å². The second-order valence-corrected chi connectivity index (χ2v) is 9.93. The van der Waals surface area contributed by atoms with E-state index < -0.39 is 28.2 Å². The molecule has 1 aliphatic rings. The van der Waals surface area contributed by atoms with Crippen molar-refractivity contribution in [2.24, 2.45) is 0 Å². The highest BCUT2D eigenvalue weighted by atomic mass is 32.3. The molecule has 0 aliphatic carbocycles. The molecule has 1 heterocycles. The number of rotatable bonds is 7. The molecular formula is C23H28N2O6S. The monoisotopic (exact) mass is 460 g/mol. The minimum Gasteiger partial charge on any atom is -0.491 e. The average molecular weight is 461 g/mol. The first-order chi connectivity index (χ1) is 15.1. The molecule has 172 valence electrons. The molecule has 1 aliphatic heterocycles. The van der Waals surface area contributed by atoms with Crippen LogP contribution in [0.5, 0.6) is 5.75 Å². The minimum absolute atomic E-state index is 0.121. The topological polar surface area (TPSA) is 108 Å². The molecule has 2 aromatic rings. The van der Waals surface area contributed by atoms with Crippen molar-refractivity contribution in [3.8, 4) is 5.75 Å². The summed E-state index contributed by atoms with van der Waals surface area (Å²) in [5, 5.41) is 3.02. The lowest BCUT2D eigenvalue weighted by atomic mass is 10.1. The number of ether oxygens (including phenoxy) is 2. The first kappa shape index (κ1) is 23.6. The van der Waals surface area contributed by atoms with Gasteiger partial charge in [0, 0.05) is 12.1 Å². The van der Waals surface area contributed by atoms with E-state index >= 15 is 0 Å². The van der Waals surface area contributed by atoms with Gasteiger partial charge in [-0.2, -0.15) is 0 Å². The van der Waals surface area contributed by atoms with Crippen molar-refractivity contribution >= 4 is 27.6 Å². The Morgan fingerprint density at radius 3 is 2.31 bits per heavy atom. The summed E-state index contributed by atoms with van der Waals surface area (Å²) in [4.78, 5) is 25.3. The highest BCUT2D eigenvalue weighted by molar-refractivity contribution is 8.31. The number of carbonyl (C=O) groups excluding carboxylic acids is 2. The molecule has 1 amide bonds. The second-order valence-electron chi connectivity index (χ2n) is 8.12. The molecule has 2 aromatic carbocycles. The first-order valence-electron chi connectivity index (χ1n) is 10.1. The molecule has 32 heavy (non-hydrogen) atoms. The van der Waals surface area contributed by atoms with Gasteiger partial charge in [0.2, 0.25) is 0 Å². The lowest BCUT2D eigenvalue weighted by molar-refractivity contribution is -0.125. The van der Waals surface area contributed by atoms with Crippen LogP contribution in [0, 0.1) is 0 Å². The third-order valence-corrected chi connectivity index (χ3v) is 6.96. The van der Waals surface area contributed by atoms with Crippen LogP contribution in [0.1, 0.15) is 36.7 Å². The maximum atomic E-state index is 13.2. The summed E-state index contributed by atoms with van der Waals surface area (Å²) in [6, 6.07) is 15.5. The zero-order valence-electron chi connectivity index (χ0n) is 18.5. The largest absolute Gasteiger partial charge is 0.491 e. The van der Waals surface area contributed by atoms with Crippen molar-refractivity contribution in [2.45, 2.75) is 26.3 Å². The van der Waals surface area contributed by atoms with Crippen LogP contribution in [0.2, 0.25) is 0 Å². The lowest BCUT2D eigenvalue weighted by Gasteiger charge is -2.45. The van der Waals surface area contributed by atoms with Gasteiger partial charge in [-0.1, -0.05) is 53.2 Å². The van der Waals surface area contributed by atoms with Crippen LogP contribution in [-0.2, 0) is 9.53 Å². The highest BCUT2D eigenvalue weighted by Gasteiger charge is 2.49. The quantitative estimate of drug-likeness (QED) is 0.421. The second kappa shape index (κ2) is 9.23.